The van der Waals surface area contributed by atoms with E-state index in [0.717, 1.165) is 12.0 Å². The molecule has 5 heteroatoms. The first-order chi connectivity index (χ1) is 9.63. The zero-order valence-corrected chi connectivity index (χ0v) is 12.0. The number of nitrogens with one attached hydrogen (secondary N) is 1. The lowest BCUT2D eigenvalue weighted by molar-refractivity contribution is -0.135. The fourth-order valence-electron chi connectivity index (χ4n) is 2.55. The number of nitrogens with zero attached hydrogens (tertiary/aromatic N) is 2. The van der Waals surface area contributed by atoms with Crippen LogP contribution in [0.4, 0.5) is 0 Å². The van der Waals surface area contributed by atoms with Gasteiger partial charge >= 0.3 is 0 Å². The summed E-state index contributed by atoms with van der Waals surface area (Å²) in [5.41, 5.74) is 1.04. The molecule has 1 saturated heterocycles. The van der Waals surface area contributed by atoms with E-state index in [-0.39, 0.29) is 23.9 Å². The summed E-state index contributed by atoms with van der Waals surface area (Å²) < 4.78 is 0. The van der Waals surface area contributed by atoms with Crippen molar-refractivity contribution in [3.05, 3.63) is 30.1 Å². The topological polar surface area (TPSA) is 62.3 Å². The van der Waals surface area contributed by atoms with Gasteiger partial charge in [0.1, 0.15) is 6.04 Å². The molecule has 108 valence electrons. The number of pyridine rings is 1. The van der Waals surface area contributed by atoms with Gasteiger partial charge in [-0.2, -0.15) is 0 Å². The van der Waals surface area contributed by atoms with Crippen LogP contribution in [0, 0.1) is 0 Å². The minimum Gasteiger partial charge on any atom is -0.344 e. The molecule has 2 unspecified atom stereocenters. The van der Waals surface area contributed by atoms with Crippen molar-refractivity contribution in [1.82, 2.24) is 15.2 Å². The molecule has 5 nitrogen and oxygen atoms in total. The lowest BCUT2D eigenvalue weighted by Gasteiger charge is -2.30. The smallest absolute Gasteiger partial charge is 0.245 e. The molecule has 1 N–H and O–H groups in total. The molecular weight excluding hydrogens is 254 g/mol. The van der Waals surface area contributed by atoms with Crippen LogP contribution in [-0.4, -0.2) is 34.3 Å². The first-order valence-corrected chi connectivity index (χ1v) is 7.13. The summed E-state index contributed by atoms with van der Waals surface area (Å²) in [4.78, 5) is 30.1. The van der Waals surface area contributed by atoms with Crippen molar-refractivity contribution in [3.8, 4) is 0 Å². The molecule has 2 heterocycles. The Labute approximate surface area is 119 Å². The van der Waals surface area contributed by atoms with Crippen molar-refractivity contribution in [1.29, 1.82) is 0 Å². The van der Waals surface area contributed by atoms with Gasteiger partial charge in [-0.15, -0.1) is 0 Å². The molecule has 0 aliphatic carbocycles. The standard InChI is InChI=1S/C15H21N3O2/c1-3-4-13-15(20)18(10-7-14(19)17-13)11(2)12-5-8-16-9-6-12/h5-6,8-9,11,13H,3-4,7,10H2,1-2H3,(H,17,19). The van der Waals surface area contributed by atoms with Gasteiger partial charge in [-0.25, -0.2) is 0 Å². The van der Waals surface area contributed by atoms with Crippen LogP contribution in [0.25, 0.3) is 0 Å². The molecule has 1 aliphatic rings. The molecule has 0 radical (unpaired) electrons. The van der Waals surface area contributed by atoms with Gasteiger partial charge in [-0.3, -0.25) is 14.6 Å². The van der Waals surface area contributed by atoms with Crippen molar-refractivity contribution >= 4 is 11.8 Å². The third-order valence-corrected chi connectivity index (χ3v) is 3.73. The van der Waals surface area contributed by atoms with E-state index in [0.29, 0.717) is 19.4 Å². The summed E-state index contributed by atoms with van der Waals surface area (Å²) in [6.45, 7) is 4.47. The molecule has 0 saturated carbocycles. The predicted octanol–water partition coefficient (Wildman–Crippen LogP) is 1.66. The molecule has 0 aromatic carbocycles. The first-order valence-electron chi connectivity index (χ1n) is 7.13. The van der Waals surface area contributed by atoms with Gasteiger partial charge in [0.2, 0.25) is 11.8 Å². The van der Waals surface area contributed by atoms with Crippen molar-refractivity contribution in [3.63, 3.8) is 0 Å². The van der Waals surface area contributed by atoms with E-state index in [1.807, 2.05) is 26.0 Å². The molecule has 1 aliphatic heterocycles. The molecule has 2 rings (SSSR count). The molecule has 1 fully saturated rings. The second-order valence-corrected chi connectivity index (χ2v) is 5.15. The fourth-order valence-corrected chi connectivity index (χ4v) is 2.55. The monoisotopic (exact) mass is 275 g/mol. The van der Waals surface area contributed by atoms with Crippen molar-refractivity contribution in [2.75, 3.05) is 6.54 Å². The van der Waals surface area contributed by atoms with E-state index in [9.17, 15) is 9.59 Å². The van der Waals surface area contributed by atoms with Crippen LogP contribution in [0.15, 0.2) is 24.5 Å². The average Bonchev–Trinajstić information content (AvgIpc) is 2.60. The van der Waals surface area contributed by atoms with E-state index < -0.39 is 0 Å². The van der Waals surface area contributed by atoms with E-state index in [4.69, 9.17) is 0 Å². The Morgan fingerprint density at radius 2 is 2.10 bits per heavy atom. The number of hydrogen-bond acceptors (Lipinski definition) is 3. The summed E-state index contributed by atoms with van der Waals surface area (Å²) >= 11 is 0. The third-order valence-electron chi connectivity index (χ3n) is 3.73. The SMILES string of the molecule is CCCC1NC(=O)CCN(C(C)c2ccncc2)C1=O. The number of carbonyl (C=O) groups is 2. The predicted molar refractivity (Wildman–Crippen MR) is 75.8 cm³/mol. The highest BCUT2D eigenvalue weighted by Gasteiger charge is 2.32. The maximum atomic E-state index is 12.6. The molecular formula is C15H21N3O2. The Balaban J connectivity index is 2.20. The Kier molecular flexibility index (Phi) is 4.71. The molecule has 1 aromatic heterocycles. The summed E-state index contributed by atoms with van der Waals surface area (Å²) in [5, 5.41) is 2.82. The average molecular weight is 275 g/mol. The third kappa shape index (κ3) is 3.15. The van der Waals surface area contributed by atoms with Crippen LogP contribution < -0.4 is 5.32 Å². The normalized spacial score (nSPS) is 21.3. The highest BCUT2D eigenvalue weighted by molar-refractivity contribution is 5.90. The molecule has 1 aromatic rings. The number of carbonyl (C=O) groups excluding carboxylic acids is 2. The molecule has 20 heavy (non-hydrogen) atoms. The molecule has 0 bridgehead atoms. The van der Waals surface area contributed by atoms with Gasteiger partial charge in [-0.1, -0.05) is 13.3 Å². The lowest BCUT2D eigenvalue weighted by atomic mass is 10.1. The van der Waals surface area contributed by atoms with Crippen molar-refractivity contribution in [2.24, 2.45) is 0 Å². The Morgan fingerprint density at radius 1 is 1.40 bits per heavy atom. The van der Waals surface area contributed by atoms with E-state index in [1.54, 1.807) is 17.3 Å². The summed E-state index contributed by atoms with van der Waals surface area (Å²) in [5.74, 6) is -0.0248. The maximum Gasteiger partial charge on any atom is 0.245 e. The Bertz CT molecular complexity index is 475. The van der Waals surface area contributed by atoms with E-state index >= 15 is 0 Å². The second kappa shape index (κ2) is 6.50. The molecule has 0 spiro atoms. The molecule has 2 atom stereocenters. The number of amides is 2. The van der Waals surface area contributed by atoms with Crippen LogP contribution in [0.1, 0.15) is 44.7 Å². The van der Waals surface area contributed by atoms with Gasteiger partial charge in [0, 0.05) is 25.4 Å². The second-order valence-electron chi connectivity index (χ2n) is 5.15. The van der Waals surface area contributed by atoms with Gasteiger partial charge in [0.25, 0.3) is 0 Å². The van der Waals surface area contributed by atoms with Crippen LogP contribution in [0.5, 0.6) is 0 Å². The van der Waals surface area contributed by atoms with Crippen molar-refractivity contribution < 1.29 is 9.59 Å². The summed E-state index contributed by atoms with van der Waals surface area (Å²) in [7, 11) is 0. The van der Waals surface area contributed by atoms with Crippen LogP contribution >= 0.6 is 0 Å². The van der Waals surface area contributed by atoms with E-state index in [1.165, 1.54) is 0 Å². The lowest BCUT2D eigenvalue weighted by Crippen LogP contribution is -2.45. The number of rotatable bonds is 4. The van der Waals surface area contributed by atoms with Crippen LogP contribution in [0.2, 0.25) is 0 Å². The van der Waals surface area contributed by atoms with E-state index in [2.05, 4.69) is 10.3 Å². The molecule has 2 amide bonds. The van der Waals surface area contributed by atoms with Gasteiger partial charge in [0.05, 0.1) is 6.04 Å². The van der Waals surface area contributed by atoms with Gasteiger partial charge in [0.15, 0.2) is 0 Å². The largest absolute Gasteiger partial charge is 0.344 e. The van der Waals surface area contributed by atoms with Crippen LogP contribution in [0.3, 0.4) is 0 Å². The zero-order valence-electron chi connectivity index (χ0n) is 12.0. The van der Waals surface area contributed by atoms with Gasteiger partial charge < -0.3 is 10.2 Å². The fraction of sp³-hybridized carbons (Fsp3) is 0.533. The Hall–Kier alpha value is -1.91. The summed E-state index contributed by atoms with van der Waals surface area (Å²) in [6, 6.07) is 3.39. The number of hydrogen-bond donors (Lipinski definition) is 1. The quantitative estimate of drug-likeness (QED) is 0.909. The van der Waals surface area contributed by atoms with Crippen LogP contribution in [-0.2, 0) is 9.59 Å². The number of aromatic nitrogens is 1. The zero-order chi connectivity index (χ0) is 14.5. The minimum atomic E-state index is -0.390. The first kappa shape index (κ1) is 14.5. The van der Waals surface area contributed by atoms with Crippen molar-refractivity contribution in [2.45, 2.75) is 45.2 Å². The Morgan fingerprint density at radius 3 is 2.75 bits per heavy atom. The highest BCUT2D eigenvalue weighted by atomic mass is 16.2. The summed E-state index contributed by atoms with van der Waals surface area (Å²) in [6.07, 6.45) is 5.36. The maximum absolute atomic E-state index is 12.6. The minimum absolute atomic E-state index is 0.0158. The van der Waals surface area contributed by atoms with Gasteiger partial charge in [-0.05, 0) is 31.0 Å². The highest BCUT2D eigenvalue weighted by Crippen LogP contribution is 2.22.